The molecule has 0 aliphatic carbocycles. The number of hydrogen-bond donors (Lipinski definition) is 1. The van der Waals surface area contributed by atoms with Crippen LogP contribution in [0.4, 0.5) is 10.3 Å². The molecule has 1 N–H and O–H groups in total. The van der Waals surface area contributed by atoms with Gasteiger partial charge in [-0.05, 0) is 35.7 Å². The van der Waals surface area contributed by atoms with E-state index < -0.39 is 17.6 Å². The van der Waals surface area contributed by atoms with Crippen LogP contribution < -0.4 is 5.32 Å². The lowest BCUT2D eigenvalue weighted by Crippen LogP contribution is -2.38. The Hall–Kier alpha value is -4.52. The molecule has 7 heteroatoms. The fourth-order valence-electron chi connectivity index (χ4n) is 3.95. The fraction of sp³-hybridized carbons (Fsp3) is 0.167. The third-order valence-corrected chi connectivity index (χ3v) is 5.94. The predicted molar refractivity (Wildman–Crippen MR) is 144 cm³/mol. The van der Waals surface area contributed by atoms with Crippen molar-refractivity contribution < 1.29 is 14.0 Å². The Balaban J connectivity index is 1.62. The summed E-state index contributed by atoms with van der Waals surface area (Å²) in [5.74, 6) is -0.992. The van der Waals surface area contributed by atoms with Crippen LogP contribution in [0.5, 0.6) is 0 Å². The number of halogens is 1. The van der Waals surface area contributed by atoms with Gasteiger partial charge in [0.2, 0.25) is 11.9 Å². The molecule has 1 aromatic heterocycles. The minimum atomic E-state index is -0.644. The maximum Gasteiger partial charge on any atom is 0.257 e. The summed E-state index contributed by atoms with van der Waals surface area (Å²) >= 11 is 0. The van der Waals surface area contributed by atoms with Gasteiger partial charge >= 0.3 is 0 Å². The van der Waals surface area contributed by atoms with Crippen molar-refractivity contribution in [3.63, 3.8) is 0 Å². The van der Waals surface area contributed by atoms with Crippen LogP contribution in [0, 0.1) is 5.82 Å². The Bertz CT molecular complexity index is 1390. The monoisotopic (exact) mass is 496 g/mol. The lowest BCUT2D eigenvalue weighted by atomic mass is 10.0. The highest BCUT2D eigenvalue weighted by Crippen LogP contribution is 2.25. The number of imidazole rings is 1. The molecule has 3 aromatic carbocycles. The van der Waals surface area contributed by atoms with E-state index in [1.807, 2.05) is 60.8 Å². The lowest BCUT2D eigenvalue weighted by Gasteiger charge is -2.21. The zero-order valence-electron chi connectivity index (χ0n) is 20.9. The number of carbonyl (C=O) groups is 2. The second kappa shape index (κ2) is 11.5. The summed E-state index contributed by atoms with van der Waals surface area (Å²) in [4.78, 5) is 32.0. The molecule has 0 bridgehead atoms. The molecule has 2 amide bonds. The summed E-state index contributed by atoms with van der Waals surface area (Å²) in [6.45, 7) is 7.71. The Morgan fingerprint density at radius 3 is 2.35 bits per heavy atom. The zero-order chi connectivity index (χ0) is 26.4. The number of nitrogens with one attached hydrogen (secondary N) is 1. The van der Waals surface area contributed by atoms with Crippen molar-refractivity contribution in [1.29, 1.82) is 0 Å². The molecular weight excluding hydrogens is 467 g/mol. The van der Waals surface area contributed by atoms with Crippen molar-refractivity contribution in [1.82, 2.24) is 14.5 Å². The second-order valence-corrected chi connectivity index (χ2v) is 8.93. The smallest absolute Gasteiger partial charge is 0.257 e. The first kappa shape index (κ1) is 25.6. The maximum atomic E-state index is 14.2. The standard InChI is InChI=1S/C30H29FN4O2/c1-4-18-34(29(37)25-12-8-9-13-26(25)31)20-28(36)33-30-32-27(23-10-6-5-7-11-23)19-35(30)24-16-14-22(15-17-24)21(2)3/h4-17,19,21H,1,18,20H2,2-3H3,(H,32,33,36). The topological polar surface area (TPSA) is 67.2 Å². The van der Waals surface area contributed by atoms with E-state index >= 15 is 0 Å². The predicted octanol–water partition coefficient (Wildman–Crippen LogP) is 6.07. The summed E-state index contributed by atoms with van der Waals surface area (Å²) in [6, 6.07) is 23.4. The van der Waals surface area contributed by atoms with E-state index in [4.69, 9.17) is 0 Å². The molecule has 0 saturated heterocycles. The molecule has 4 rings (SSSR count). The number of amides is 2. The highest BCUT2D eigenvalue weighted by Gasteiger charge is 2.22. The van der Waals surface area contributed by atoms with Crippen LogP contribution in [0.1, 0.15) is 35.7 Å². The minimum absolute atomic E-state index is 0.0843. The summed E-state index contributed by atoms with van der Waals surface area (Å²) in [5.41, 5.74) is 3.52. The van der Waals surface area contributed by atoms with Crippen LogP contribution in [0.15, 0.2) is 97.7 Å². The van der Waals surface area contributed by atoms with E-state index in [2.05, 4.69) is 30.7 Å². The normalized spacial score (nSPS) is 10.8. The molecule has 0 radical (unpaired) electrons. The second-order valence-electron chi connectivity index (χ2n) is 8.93. The van der Waals surface area contributed by atoms with Crippen molar-refractivity contribution in [3.8, 4) is 16.9 Å². The molecule has 0 unspecified atom stereocenters. The van der Waals surface area contributed by atoms with Gasteiger partial charge in [-0.15, -0.1) is 6.58 Å². The molecule has 188 valence electrons. The third-order valence-electron chi connectivity index (χ3n) is 5.94. The van der Waals surface area contributed by atoms with E-state index in [0.29, 0.717) is 17.6 Å². The highest BCUT2D eigenvalue weighted by atomic mass is 19.1. The number of benzene rings is 3. The van der Waals surface area contributed by atoms with Crippen molar-refractivity contribution in [2.24, 2.45) is 0 Å². The average Bonchev–Trinajstić information content (AvgIpc) is 3.32. The quantitative estimate of drug-likeness (QED) is 0.286. The number of nitrogens with zero attached hydrogens (tertiary/aromatic N) is 3. The molecule has 0 aliphatic rings. The van der Waals surface area contributed by atoms with Crippen molar-refractivity contribution in [3.05, 3.63) is 115 Å². The summed E-state index contributed by atoms with van der Waals surface area (Å²) in [5, 5.41) is 2.84. The zero-order valence-corrected chi connectivity index (χ0v) is 20.9. The summed E-state index contributed by atoms with van der Waals surface area (Å²) < 4.78 is 16.0. The molecule has 1 heterocycles. The van der Waals surface area contributed by atoms with E-state index in [-0.39, 0.29) is 18.7 Å². The first-order valence-electron chi connectivity index (χ1n) is 12.1. The first-order valence-corrected chi connectivity index (χ1v) is 12.1. The molecule has 37 heavy (non-hydrogen) atoms. The molecule has 0 fully saturated rings. The van der Waals surface area contributed by atoms with Crippen LogP contribution in [0.25, 0.3) is 16.9 Å². The van der Waals surface area contributed by atoms with Crippen molar-refractivity contribution >= 4 is 17.8 Å². The van der Waals surface area contributed by atoms with Crippen LogP contribution in [0.3, 0.4) is 0 Å². The van der Waals surface area contributed by atoms with Crippen LogP contribution in [0.2, 0.25) is 0 Å². The molecule has 0 aliphatic heterocycles. The van der Waals surface area contributed by atoms with Gasteiger partial charge in [0.15, 0.2) is 0 Å². The van der Waals surface area contributed by atoms with E-state index in [1.165, 1.54) is 34.7 Å². The maximum absolute atomic E-state index is 14.2. The van der Waals surface area contributed by atoms with Crippen LogP contribution >= 0.6 is 0 Å². The van der Waals surface area contributed by atoms with Gasteiger partial charge in [0.1, 0.15) is 12.4 Å². The van der Waals surface area contributed by atoms with Crippen molar-refractivity contribution in [2.75, 3.05) is 18.4 Å². The summed E-state index contributed by atoms with van der Waals surface area (Å²) in [7, 11) is 0. The van der Waals surface area contributed by atoms with E-state index in [1.54, 1.807) is 10.6 Å². The molecule has 6 nitrogen and oxygen atoms in total. The molecule has 0 atom stereocenters. The van der Waals surface area contributed by atoms with E-state index in [0.717, 1.165) is 11.3 Å². The SMILES string of the molecule is C=CCN(CC(=O)Nc1nc(-c2ccccc2)cn1-c1ccc(C(C)C)cc1)C(=O)c1ccccc1F. The van der Waals surface area contributed by atoms with Crippen LogP contribution in [-0.4, -0.2) is 39.4 Å². The first-order chi connectivity index (χ1) is 17.9. The van der Waals surface area contributed by atoms with Gasteiger partial charge in [-0.2, -0.15) is 0 Å². The fourth-order valence-corrected chi connectivity index (χ4v) is 3.95. The Labute approximate surface area is 216 Å². The van der Waals surface area contributed by atoms with Gasteiger partial charge in [-0.25, -0.2) is 9.37 Å². The number of rotatable bonds is 9. The Kier molecular flexibility index (Phi) is 7.93. The van der Waals surface area contributed by atoms with Crippen molar-refractivity contribution in [2.45, 2.75) is 19.8 Å². The Morgan fingerprint density at radius 1 is 1.03 bits per heavy atom. The van der Waals surface area contributed by atoms with Gasteiger partial charge in [-0.1, -0.05) is 74.5 Å². The Morgan fingerprint density at radius 2 is 1.70 bits per heavy atom. The van der Waals surface area contributed by atoms with Gasteiger partial charge in [-0.3, -0.25) is 19.5 Å². The number of anilines is 1. The highest BCUT2D eigenvalue weighted by molar-refractivity contribution is 5.99. The average molecular weight is 497 g/mol. The van der Waals surface area contributed by atoms with Crippen LogP contribution in [-0.2, 0) is 4.79 Å². The summed E-state index contributed by atoms with van der Waals surface area (Å²) in [6.07, 6.45) is 3.36. The van der Waals surface area contributed by atoms with Gasteiger partial charge in [0.05, 0.1) is 11.3 Å². The number of hydrogen-bond acceptors (Lipinski definition) is 3. The molecule has 0 saturated carbocycles. The third kappa shape index (κ3) is 6.01. The lowest BCUT2D eigenvalue weighted by molar-refractivity contribution is -0.116. The molecular formula is C30H29FN4O2. The number of aromatic nitrogens is 2. The van der Waals surface area contributed by atoms with Gasteiger partial charge in [0, 0.05) is 24.0 Å². The van der Waals surface area contributed by atoms with Gasteiger partial charge < -0.3 is 4.90 Å². The molecule has 4 aromatic rings. The molecule has 0 spiro atoms. The number of carbonyl (C=O) groups excluding carboxylic acids is 2. The minimum Gasteiger partial charge on any atom is -0.326 e. The van der Waals surface area contributed by atoms with E-state index in [9.17, 15) is 14.0 Å². The largest absolute Gasteiger partial charge is 0.326 e. The van der Waals surface area contributed by atoms with Gasteiger partial charge in [0.25, 0.3) is 5.91 Å².